The molecule has 0 atom stereocenters. The van der Waals surface area contributed by atoms with Crippen LogP contribution in [0.3, 0.4) is 0 Å². The van der Waals surface area contributed by atoms with Crippen LogP contribution in [0, 0.1) is 0 Å². The molecule has 1 aliphatic rings. The number of hydrogen-bond donors (Lipinski definition) is 1. The molecule has 120 valence electrons. The van der Waals surface area contributed by atoms with Crippen molar-refractivity contribution in [3.63, 3.8) is 0 Å². The van der Waals surface area contributed by atoms with E-state index < -0.39 is 0 Å². The van der Waals surface area contributed by atoms with Crippen molar-refractivity contribution in [2.45, 2.75) is 0 Å². The van der Waals surface area contributed by atoms with Gasteiger partial charge in [0.2, 0.25) is 0 Å². The van der Waals surface area contributed by atoms with Crippen molar-refractivity contribution in [2.24, 2.45) is 0 Å². The predicted molar refractivity (Wildman–Crippen MR) is 98.1 cm³/mol. The Balaban J connectivity index is 1.67. The highest BCUT2D eigenvalue weighted by Crippen LogP contribution is 2.24. The SMILES string of the molecule is Nc1ccc(N2CCN(C(=O)c3cc(Br)ccc3Cl)CC2)cc1. The van der Waals surface area contributed by atoms with Crippen LogP contribution in [0.15, 0.2) is 46.9 Å². The van der Waals surface area contributed by atoms with E-state index in [2.05, 4.69) is 20.8 Å². The molecule has 0 saturated carbocycles. The second-order valence-corrected chi connectivity index (χ2v) is 6.82. The number of nitrogen functional groups attached to an aromatic ring is 1. The fourth-order valence-electron chi connectivity index (χ4n) is 2.68. The molecule has 0 bridgehead atoms. The molecule has 1 fully saturated rings. The lowest BCUT2D eigenvalue weighted by Crippen LogP contribution is -2.48. The summed E-state index contributed by atoms with van der Waals surface area (Å²) in [6, 6.07) is 13.2. The lowest BCUT2D eigenvalue weighted by molar-refractivity contribution is 0.0747. The molecular formula is C17H17BrClN3O. The van der Waals surface area contributed by atoms with E-state index in [-0.39, 0.29) is 5.91 Å². The number of nitrogens with zero attached hydrogens (tertiary/aromatic N) is 2. The Bertz CT molecular complexity index is 712. The molecule has 2 N–H and O–H groups in total. The number of piperazine rings is 1. The fraction of sp³-hybridized carbons (Fsp3) is 0.235. The number of amides is 1. The van der Waals surface area contributed by atoms with E-state index in [0.717, 1.165) is 28.9 Å². The summed E-state index contributed by atoms with van der Waals surface area (Å²) < 4.78 is 0.853. The maximum atomic E-state index is 12.6. The Morgan fingerprint density at radius 3 is 2.35 bits per heavy atom. The Hall–Kier alpha value is -1.72. The number of benzene rings is 2. The van der Waals surface area contributed by atoms with Gasteiger partial charge in [-0.2, -0.15) is 0 Å². The first-order valence-electron chi connectivity index (χ1n) is 7.39. The second-order valence-electron chi connectivity index (χ2n) is 5.49. The van der Waals surface area contributed by atoms with Crippen LogP contribution < -0.4 is 10.6 Å². The van der Waals surface area contributed by atoms with Crippen LogP contribution in [0.2, 0.25) is 5.02 Å². The average Bonchev–Trinajstić information content (AvgIpc) is 2.57. The maximum absolute atomic E-state index is 12.6. The summed E-state index contributed by atoms with van der Waals surface area (Å²) >= 11 is 9.55. The van der Waals surface area contributed by atoms with Crippen molar-refractivity contribution in [1.29, 1.82) is 0 Å². The first-order chi connectivity index (χ1) is 11.0. The topological polar surface area (TPSA) is 49.6 Å². The number of carbonyl (C=O) groups is 1. The molecular weight excluding hydrogens is 378 g/mol. The van der Waals surface area contributed by atoms with Crippen molar-refractivity contribution < 1.29 is 4.79 Å². The quantitative estimate of drug-likeness (QED) is 0.791. The number of nitrogens with two attached hydrogens (primary N) is 1. The van der Waals surface area contributed by atoms with Crippen LogP contribution >= 0.6 is 27.5 Å². The zero-order valence-electron chi connectivity index (χ0n) is 12.5. The van der Waals surface area contributed by atoms with Crippen LogP contribution in [-0.2, 0) is 0 Å². The maximum Gasteiger partial charge on any atom is 0.255 e. The minimum absolute atomic E-state index is 0.0201. The molecule has 2 aromatic rings. The normalized spacial score (nSPS) is 14.9. The molecule has 1 amide bonds. The second kappa shape index (κ2) is 6.81. The average molecular weight is 395 g/mol. The number of rotatable bonds is 2. The lowest BCUT2D eigenvalue weighted by atomic mass is 10.1. The largest absolute Gasteiger partial charge is 0.399 e. The van der Waals surface area contributed by atoms with E-state index in [1.165, 1.54) is 0 Å². The van der Waals surface area contributed by atoms with Gasteiger partial charge >= 0.3 is 0 Å². The fourth-order valence-corrected chi connectivity index (χ4v) is 3.24. The summed E-state index contributed by atoms with van der Waals surface area (Å²) in [6.07, 6.45) is 0. The van der Waals surface area contributed by atoms with Gasteiger partial charge < -0.3 is 15.5 Å². The minimum Gasteiger partial charge on any atom is -0.399 e. The first-order valence-corrected chi connectivity index (χ1v) is 8.56. The highest BCUT2D eigenvalue weighted by atomic mass is 79.9. The van der Waals surface area contributed by atoms with Gasteiger partial charge in [-0.05, 0) is 42.5 Å². The highest BCUT2D eigenvalue weighted by Gasteiger charge is 2.23. The Morgan fingerprint density at radius 1 is 1.04 bits per heavy atom. The van der Waals surface area contributed by atoms with Gasteiger partial charge in [0.15, 0.2) is 0 Å². The van der Waals surface area contributed by atoms with Gasteiger partial charge in [0.1, 0.15) is 0 Å². The molecule has 0 aromatic heterocycles. The van der Waals surface area contributed by atoms with E-state index in [1.807, 2.05) is 35.2 Å². The third-order valence-electron chi connectivity index (χ3n) is 3.98. The van der Waals surface area contributed by atoms with E-state index in [1.54, 1.807) is 12.1 Å². The summed E-state index contributed by atoms with van der Waals surface area (Å²) in [4.78, 5) is 16.8. The van der Waals surface area contributed by atoms with Crippen LogP contribution in [0.4, 0.5) is 11.4 Å². The zero-order valence-corrected chi connectivity index (χ0v) is 14.8. The smallest absolute Gasteiger partial charge is 0.255 e. The van der Waals surface area contributed by atoms with Crippen LogP contribution in [-0.4, -0.2) is 37.0 Å². The number of anilines is 2. The van der Waals surface area contributed by atoms with Gasteiger partial charge in [0, 0.05) is 42.0 Å². The molecule has 1 aliphatic heterocycles. The van der Waals surface area contributed by atoms with Crippen molar-refractivity contribution in [3.8, 4) is 0 Å². The molecule has 23 heavy (non-hydrogen) atoms. The van der Waals surface area contributed by atoms with Crippen molar-refractivity contribution in [1.82, 2.24) is 4.90 Å². The first kappa shape index (κ1) is 16.1. The Morgan fingerprint density at radius 2 is 1.70 bits per heavy atom. The summed E-state index contributed by atoms with van der Waals surface area (Å²) in [5.41, 5.74) is 8.15. The van der Waals surface area contributed by atoms with Gasteiger partial charge in [-0.15, -0.1) is 0 Å². The summed E-state index contributed by atoms with van der Waals surface area (Å²) in [7, 11) is 0. The third-order valence-corrected chi connectivity index (χ3v) is 4.81. The molecule has 2 aromatic carbocycles. The van der Waals surface area contributed by atoms with Gasteiger partial charge in [-0.1, -0.05) is 27.5 Å². The van der Waals surface area contributed by atoms with E-state index in [4.69, 9.17) is 17.3 Å². The molecule has 1 saturated heterocycles. The van der Waals surface area contributed by atoms with Crippen molar-refractivity contribution in [3.05, 3.63) is 57.5 Å². The third kappa shape index (κ3) is 3.62. The van der Waals surface area contributed by atoms with Crippen molar-refractivity contribution in [2.75, 3.05) is 36.8 Å². The molecule has 0 spiro atoms. The van der Waals surface area contributed by atoms with Gasteiger partial charge in [-0.3, -0.25) is 4.79 Å². The summed E-state index contributed by atoms with van der Waals surface area (Å²) in [5, 5.41) is 0.485. The summed E-state index contributed by atoms with van der Waals surface area (Å²) in [5.74, 6) is -0.0201. The highest BCUT2D eigenvalue weighted by molar-refractivity contribution is 9.10. The molecule has 0 aliphatic carbocycles. The van der Waals surface area contributed by atoms with Gasteiger partial charge in [0.25, 0.3) is 5.91 Å². The zero-order chi connectivity index (χ0) is 16.4. The van der Waals surface area contributed by atoms with Gasteiger partial charge in [-0.25, -0.2) is 0 Å². The molecule has 3 rings (SSSR count). The molecule has 1 heterocycles. The number of carbonyl (C=O) groups excluding carboxylic acids is 1. The van der Waals surface area contributed by atoms with E-state index in [0.29, 0.717) is 23.7 Å². The molecule has 0 radical (unpaired) electrons. The van der Waals surface area contributed by atoms with Crippen LogP contribution in [0.1, 0.15) is 10.4 Å². The Labute approximate surface area is 148 Å². The van der Waals surface area contributed by atoms with Crippen LogP contribution in [0.5, 0.6) is 0 Å². The predicted octanol–water partition coefficient (Wildman–Crippen LogP) is 3.65. The van der Waals surface area contributed by atoms with E-state index >= 15 is 0 Å². The monoisotopic (exact) mass is 393 g/mol. The number of halogens is 2. The summed E-state index contributed by atoms with van der Waals surface area (Å²) in [6.45, 7) is 2.93. The van der Waals surface area contributed by atoms with Gasteiger partial charge in [0.05, 0.1) is 10.6 Å². The van der Waals surface area contributed by atoms with E-state index in [9.17, 15) is 4.79 Å². The molecule has 0 unspecified atom stereocenters. The van der Waals surface area contributed by atoms with Crippen LogP contribution in [0.25, 0.3) is 0 Å². The van der Waals surface area contributed by atoms with Crippen molar-refractivity contribution >= 4 is 44.8 Å². The lowest BCUT2D eigenvalue weighted by Gasteiger charge is -2.36. The Kier molecular flexibility index (Phi) is 4.78. The number of hydrogen-bond acceptors (Lipinski definition) is 3. The minimum atomic E-state index is -0.0201. The standard InChI is InChI=1S/C17H17BrClN3O/c18-12-1-6-16(19)15(11-12)17(23)22-9-7-21(8-10-22)14-4-2-13(20)3-5-14/h1-6,11H,7-10,20H2. The molecule has 6 heteroatoms. The molecule has 4 nitrogen and oxygen atoms in total.